The van der Waals surface area contributed by atoms with E-state index >= 15 is 0 Å². The van der Waals surface area contributed by atoms with Crippen LogP contribution in [-0.2, 0) is 17.6 Å². The third kappa shape index (κ3) is 13.5. The zero-order chi connectivity index (χ0) is 30.7. The number of amides is 1. The molecule has 0 saturated carbocycles. The Kier molecular flexibility index (Phi) is 16.3. The quantitative estimate of drug-likeness (QED) is 0.128. The first-order chi connectivity index (χ1) is 20.2. The summed E-state index contributed by atoms with van der Waals surface area (Å²) in [5.41, 5.74) is 8.35. The van der Waals surface area contributed by atoms with Crippen molar-refractivity contribution in [3.8, 4) is 5.75 Å². The Balaban J connectivity index is 0.000000391. The summed E-state index contributed by atoms with van der Waals surface area (Å²) in [5.74, 6) is 0.567. The minimum atomic E-state index is -0.419. The number of nitrogens with one attached hydrogen (secondary N) is 1. The van der Waals surface area contributed by atoms with E-state index in [4.69, 9.17) is 49.8 Å². The number of nitrogens with two attached hydrogens (primary N) is 1. The number of halogens is 3. The number of rotatable bonds is 12. The van der Waals surface area contributed by atoms with Crippen LogP contribution in [0.2, 0.25) is 15.1 Å². The lowest BCUT2D eigenvalue weighted by Gasteiger charge is -2.07. The van der Waals surface area contributed by atoms with E-state index in [1.807, 2.05) is 67.6 Å². The van der Waals surface area contributed by atoms with Gasteiger partial charge in [-0.25, -0.2) is 0 Å². The highest BCUT2D eigenvalue weighted by Crippen LogP contribution is 2.23. The Morgan fingerprint density at radius 1 is 1.00 bits per heavy atom. The van der Waals surface area contributed by atoms with Crippen LogP contribution in [0.1, 0.15) is 53.0 Å². The molecule has 224 valence electrons. The Hall–Kier alpha value is -3.43. The van der Waals surface area contributed by atoms with Crippen molar-refractivity contribution in [1.82, 2.24) is 15.5 Å². The highest BCUT2D eigenvalue weighted by Gasteiger charge is 2.14. The number of ketones is 1. The number of unbranched alkanes of at least 4 members (excludes halogenated alkanes) is 1. The van der Waals surface area contributed by atoms with Gasteiger partial charge >= 0.3 is 0 Å². The molecule has 0 fully saturated rings. The fourth-order valence-electron chi connectivity index (χ4n) is 3.25. The molecule has 1 amide bonds. The Bertz CT molecular complexity index is 1340. The van der Waals surface area contributed by atoms with Crippen molar-refractivity contribution in [2.75, 3.05) is 19.7 Å². The van der Waals surface area contributed by atoms with Crippen LogP contribution in [0.3, 0.4) is 0 Å². The Morgan fingerprint density at radius 3 is 2.26 bits per heavy atom. The largest absolute Gasteiger partial charge is 0.493 e. The van der Waals surface area contributed by atoms with Crippen molar-refractivity contribution in [2.24, 2.45) is 5.73 Å². The second-order valence-electron chi connectivity index (χ2n) is 9.04. The number of hydrogen-bond acceptors (Lipinski definition) is 7. The van der Waals surface area contributed by atoms with Gasteiger partial charge in [0.2, 0.25) is 23.9 Å². The van der Waals surface area contributed by atoms with E-state index in [9.17, 15) is 9.59 Å². The number of ether oxygens (including phenoxy) is 1. The molecule has 0 atom stereocenters. The molecule has 1 heterocycles. The average molecular weight is 634 g/mol. The predicted molar refractivity (Wildman–Crippen MR) is 168 cm³/mol. The van der Waals surface area contributed by atoms with Crippen LogP contribution >= 0.6 is 34.8 Å². The summed E-state index contributed by atoms with van der Waals surface area (Å²) < 4.78 is 10.8. The number of benzene rings is 3. The minimum Gasteiger partial charge on any atom is -0.493 e. The molecule has 0 aliphatic heterocycles. The standard InChI is InChI=1S/C20H17Cl2N3O4.C7H7Cl.C4H11N/c21-16-6-3-14(9-17(16)22)7-8-28-15-4-1-13(2-5-15)10-19-24-20(25-29-19)18(27)11-23-12-26;1-6-2-4-7(8)5-3-6;1-2-3-4-5/h1-6,9,12H,7-8,10-11H2,(H,23,26);2-5H,1H3;2-5H2,1H3. The van der Waals surface area contributed by atoms with Gasteiger partial charge in [-0.1, -0.05) is 89.2 Å². The molecular weight excluding hydrogens is 599 g/mol. The van der Waals surface area contributed by atoms with Gasteiger partial charge in [-0.3, -0.25) is 9.59 Å². The molecule has 0 saturated heterocycles. The molecule has 0 radical (unpaired) electrons. The van der Waals surface area contributed by atoms with Crippen molar-refractivity contribution < 1.29 is 18.8 Å². The van der Waals surface area contributed by atoms with E-state index < -0.39 is 5.78 Å². The summed E-state index contributed by atoms with van der Waals surface area (Å²) in [7, 11) is 0. The zero-order valence-electron chi connectivity index (χ0n) is 23.6. The number of carbonyl (C=O) groups is 2. The van der Waals surface area contributed by atoms with Gasteiger partial charge in [0.25, 0.3) is 0 Å². The number of aryl methyl sites for hydroxylation is 1. The lowest BCUT2D eigenvalue weighted by molar-refractivity contribution is -0.109. The average Bonchev–Trinajstić information content (AvgIpc) is 3.46. The van der Waals surface area contributed by atoms with Gasteiger partial charge in [-0.05, 0) is 67.4 Å². The molecule has 8 nitrogen and oxygen atoms in total. The minimum absolute atomic E-state index is 0.0587. The van der Waals surface area contributed by atoms with Gasteiger partial charge in [0, 0.05) is 11.4 Å². The SMILES string of the molecule is CCCCN.Cc1ccc(Cl)cc1.O=CNCC(=O)c1noc(Cc2ccc(OCCc3ccc(Cl)c(Cl)c3)cc2)n1. The normalized spacial score (nSPS) is 10.0. The zero-order valence-corrected chi connectivity index (χ0v) is 25.9. The topological polar surface area (TPSA) is 120 Å². The lowest BCUT2D eigenvalue weighted by Crippen LogP contribution is -2.22. The first-order valence-corrected chi connectivity index (χ1v) is 14.5. The molecule has 4 rings (SSSR count). The molecular formula is C31H35Cl3N4O4. The van der Waals surface area contributed by atoms with Crippen LogP contribution in [0, 0.1) is 6.92 Å². The molecule has 42 heavy (non-hydrogen) atoms. The maximum atomic E-state index is 11.7. The summed E-state index contributed by atoms with van der Waals surface area (Å²) in [5, 5.41) is 7.75. The van der Waals surface area contributed by atoms with E-state index in [0.717, 1.165) is 28.4 Å². The van der Waals surface area contributed by atoms with Crippen molar-refractivity contribution >= 4 is 47.0 Å². The van der Waals surface area contributed by atoms with Crippen LogP contribution in [0.4, 0.5) is 0 Å². The van der Waals surface area contributed by atoms with Crippen LogP contribution in [0.5, 0.6) is 5.75 Å². The summed E-state index contributed by atoms with van der Waals surface area (Å²) in [4.78, 5) is 26.0. The van der Waals surface area contributed by atoms with E-state index in [2.05, 4.69) is 22.4 Å². The number of hydrogen-bond donors (Lipinski definition) is 2. The van der Waals surface area contributed by atoms with Gasteiger partial charge in [0.05, 0.1) is 29.6 Å². The first-order valence-electron chi connectivity index (χ1n) is 13.4. The van der Waals surface area contributed by atoms with E-state index in [0.29, 0.717) is 41.8 Å². The third-order valence-corrected chi connectivity index (χ3v) is 6.55. The summed E-state index contributed by atoms with van der Waals surface area (Å²) >= 11 is 17.5. The maximum Gasteiger partial charge on any atom is 0.240 e. The number of aromatic nitrogens is 2. The molecule has 0 spiro atoms. The summed E-state index contributed by atoms with van der Waals surface area (Å²) in [6.45, 7) is 5.34. The van der Waals surface area contributed by atoms with Gasteiger partial charge in [0.1, 0.15) is 5.75 Å². The van der Waals surface area contributed by atoms with E-state index in [-0.39, 0.29) is 12.4 Å². The van der Waals surface area contributed by atoms with Crippen molar-refractivity contribution in [2.45, 2.75) is 39.5 Å². The number of Topliss-reactive ketones (excluding diaryl/α,β-unsaturated/α-hetero) is 1. The molecule has 3 N–H and O–H groups in total. The molecule has 0 aliphatic carbocycles. The molecule has 0 bridgehead atoms. The lowest BCUT2D eigenvalue weighted by atomic mass is 10.1. The molecule has 0 unspecified atom stereocenters. The number of carbonyl (C=O) groups excluding carboxylic acids is 2. The fraction of sp³-hybridized carbons (Fsp3) is 0.290. The van der Waals surface area contributed by atoms with Crippen LogP contribution < -0.4 is 15.8 Å². The monoisotopic (exact) mass is 632 g/mol. The fourth-order valence-corrected chi connectivity index (χ4v) is 3.70. The molecule has 1 aromatic heterocycles. The van der Waals surface area contributed by atoms with Crippen LogP contribution in [0.15, 0.2) is 71.3 Å². The number of nitrogens with zero attached hydrogens (tertiary/aromatic N) is 2. The highest BCUT2D eigenvalue weighted by molar-refractivity contribution is 6.42. The maximum absolute atomic E-state index is 11.7. The predicted octanol–water partition coefficient (Wildman–Crippen LogP) is 6.91. The first kappa shape index (κ1) is 34.8. The highest BCUT2D eigenvalue weighted by atomic mass is 35.5. The second-order valence-corrected chi connectivity index (χ2v) is 10.3. The third-order valence-electron chi connectivity index (χ3n) is 5.55. The van der Waals surface area contributed by atoms with Gasteiger partial charge in [-0.2, -0.15) is 4.98 Å². The van der Waals surface area contributed by atoms with E-state index in [1.54, 1.807) is 6.07 Å². The molecule has 11 heteroatoms. The summed E-state index contributed by atoms with van der Waals surface area (Å²) in [6.07, 6.45) is 3.91. The second kappa shape index (κ2) is 19.6. The van der Waals surface area contributed by atoms with Crippen molar-refractivity contribution in [3.05, 3.63) is 110 Å². The van der Waals surface area contributed by atoms with Gasteiger partial charge in [0.15, 0.2) is 0 Å². The van der Waals surface area contributed by atoms with Gasteiger partial charge in [-0.15, -0.1) is 0 Å². The van der Waals surface area contributed by atoms with Crippen LogP contribution in [0.25, 0.3) is 0 Å². The Labute approximate surface area is 261 Å². The van der Waals surface area contributed by atoms with Gasteiger partial charge < -0.3 is 20.3 Å². The van der Waals surface area contributed by atoms with Crippen LogP contribution in [-0.4, -0.2) is 42.0 Å². The van der Waals surface area contributed by atoms with Crippen molar-refractivity contribution in [3.63, 3.8) is 0 Å². The molecule has 4 aromatic rings. The van der Waals surface area contributed by atoms with Crippen molar-refractivity contribution in [1.29, 1.82) is 0 Å². The molecule has 0 aliphatic rings. The smallest absolute Gasteiger partial charge is 0.240 e. The summed E-state index contributed by atoms with van der Waals surface area (Å²) in [6, 6.07) is 20.7. The Morgan fingerprint density at radius 2 is 1.69 bits per heavy atom. The van der Waals surface area contributed by atoms with E-state index in [1.165, 1.54) is 18.4 Å². The molecule has 3 aromatic carbocycles.